The van der Waals surface area contributed by atoms with E-state index in [2.05, 4.69) is 5.32 Å². The lowest BCUT2D eigenvalue weighted by Gasteiger charge is -2.03. The van der Waals surface area contributed by atoms with Crippen LogP contribution in [0.1, 0.15) is 12.8 Å². The van der Waals surface area contributed by atoms with Gasteiger partial charge in [0.05, 0.1) is 0 Å². The van der Waals surface area contributed by atoms with E-state index in [1.807, 2.05) is 0 Å². The van der Waals surface area contributed by atoms with Crippen molar-refractivity contribution >= 4 is 5.91 Å². The molecule has 1 N–H and O–H groups in total. The van der Waals surface area contributed by atoms with Crippen LogP contribution in [0.15, 0.2) is 0 Å². The van der Waals surface area contributed by atoms with E-state index in [9.17, 15) is 4.79 Å². The van der Waals surface area contributed by atoms with Crippen molar-refractivity contribution in [2.75, 3.05) is 20.3 Å². The van der Waals surface area contributed by atoms with Crippen LogP contribution in [0, 0.1) is 5.92 Å². The zero-order chi connectivity index (χ0) is 7.40. The smallest absolute Gasteiger partial charge is 0.220 e. The molecule has 1 aliphatic heterocycles. The molecule has 0 aromatic heterocycles. The standard InChI is InChI=1S/C7H13NO2/c1-8-7(9)4-6-2-3-10-5-6/h6H,2-5H2,1H3,(H,8,9). The van der Waals surface area contributed by atoms with Gasteiger partial charge in [0.2, 0.25) is 5.91 Å². The third kappa shape index (κ3) is 1.99. The summed E-state index contributed by atoms with van der Waals surface area (Å²) in [5, 5.41) is 2.60. The SMILES string of the molecule is CNC(=O)CC1CCOC1. The Labute approximate surface area is 60.7 Å². The summed E-state index contributed by atoms with van der Waals surface area (Å²) in [5.74, 6) is 0.579. The van der Waals surface area contributed by atoms with Gasteiger partial charge >= 0.3 is 0 Å². The molecular formula is C7H13NO2. The molecule has 1 aliphatic rings. The molecule has 1 rings (SSSR count). The number of hydrogen-bond donors (Lipinski definition) is 1. The monoisotopic (exact) mass is 143 g/mol. The molecule has 3 nitrogen and oxygen atoms in total. The number of nitrogens with one attached hydrogen (secondary N) is 1. The number of rotatable bonds is 2. The summed E-state index contributed by atoms with van der Waals surface area (Å²) in [6.07, 6.45) is 1.66. The number of carbonyl (C=O) groups is 1. The van der Waals surface area contributed by atoms with Gasteiger partial charge in [0.25, 0.3) is 0 Å². The fraction of sp³-hybridized carbons (Fsp3) is 0.857. The minimum atomic E-state index is 0.121. The van der Waals surface area contributed by atoms with Gasteiger partial charge in [-0.05, 0) is 12.3 Å². The Kier molecular flexibility index (Phi) is 2.68. The first-order valence-corrected chi connectivity index (χ1v) is 3.61. The molecule has 1 saturated heterocycles. The second-order valence-corrected chi connectivity index (χ2v) is 2.61. The minimum Gasteiger partial charge on any atom is -0.381 e. The first-order chi connectivity index (χ1) is 4.83. The van der Waals surface area contributed by atoms with Crippen molar-refractivity contribution in [3.8, 4) is 0 Å². The Morgan fingerprint density at radius 3 is 3.10 bits per heavy atom. The highest BCUT2D eigenvalue weighted by Gasteiger charge is 2.17. The van der Waals surface area contributed by atoms with Crippen molar-refractivity contribution in [3.05, 3.63) is 0 Å². The molecule has 1 unspecified atom stereocenters. The number of ether oxygens (including phenoxy) is 1. The third-order valence-corrected chi connectivity index (χ3v) is 1.78. The van der Waals surface area contributed by atoms with E-state index in [1.54, 1.807) is 7.05 Å². The molecule has 0 saturated carbocycles. The molecule has 1 fully saturated rings. The Morgan fingerprint density at radius 1 is 1.80 bits per heavy atom. The summed E-state index contributed by atoms with van der Waals surface area (Å²) in [4.78, 5) is 10.8. The summed E-state index contributed by atoms with van der Waals surface area (Å²) >= 11 is 0. The molecule has 1 heterocycles. The molecule has 3 heteroatoms. The van der Waals surface area contributed by atoms with Crippen LogP contribution in [-0.4, -0.2) is 26.2 Å². The summed E-state index contributed by atoms with van der Waals surface area (Å²) in [7, 11) is 1.66. The lowest BCUT2D eigenvalue weighted by Crippen LogP contribution is -2.21. The van der Waals surface area contributed by atoms with E-state index in [0.29, 0.717) is 12.3 Å². The topological polar surface area (TPSA) is 38.3 Å². The number of carbonyl (C=O) groups excluding carboxylic acids is 1. The number of amides is 1. The van der Waals surface area contributed by atoms with E-state index < -0.39 is 0 Å². The van der Waals surface area contributed by atoms with E-state index in [-0.39, 0.29) is 5.91 Å². The molecule has 10 heavy (non-hydrogen) atoms. The summed E-state index contributed by atoms with van der Waals surface area (Å²) in [5.41, 5.74) is 0. The normalized spacial score (nSPS) is 24.7. The van der Waals surface area contributed by atoms with Gasteiger partial charge in [-0.1, -0.05) is 0 Å². The van der Waals surface area contributed by atoms with Crippen LogP contribution in [0.5, 0.6) is 0 Å². The average Bonchev–Trinajstić information content (AvgIpc) is 2.40. The lowest BCUT2D eigenvalue weighted by atomic mass is 10.1. The quantitative estimate of drug-likeness (QED) is 0.598. The second kappa shape index (κ2) is 3.56. The van der Waals surface area contributed by atoms with E-state index in [0.717, 1.165) is 19.6 Å². The largest absolute Gasteiger partial charge is 0.381 e. The zero-order valence-corrected chi connectivity index (χ0v) is 6.22. The summed E-state index contributed by atoms with van der Waals surface area (Å²) in [6.45, 7) is 1.58. The van der Waals surface area contributed by atoms with E-state index in [1.165, 1.54) is 0 Å². The van der Waals surface area contributed by atoms with Gasteiger partial charge in [-0.25, -0.2) is 0 Å². The number of hydrogen-bond acceptors (Lipinski definition) is 2. The van der Waals surface area contributed by atoms with Gasteiger partial charge < -0.3 is 10.1 Å². The van der Waals surface area contributed by atoms with Gasteiger partial charge in [0.15, 0.2) is 0 Å². The Balaban J connectivity index is 2.17. The third-order valence-electron chi connectivity index (χ3n) is 1.78. The van der Waals surface area contributed by atoms with Crippen molar-refractivity contribution in [1.82, 2.24) is 5.32 Å². The maximum Gasteiger partial charge on any atom is 0.220 e. The van der Waals surface area contributed by atoms with Gasteiger partial charge in [-0.3, -0.25) is 4.79 Å². The van der Waals surface area contributed by atoms with Crippen molar-refractivity contribution in [2.45, 2.75) is 12.8 Å². The van der Waals surface area contributed by atoms with Crippen molar-refractivity contribution < 1.29 is 9.53 Å². The second-order valence-electron chi connectivity index (χ2n) is 2.61. The fourth-order valence-corrected chi connectivity index (χ4v) is 1.11. The maximum absolute atomic E-state index is 10.8. The predicted molar refractivity (Wildman–Crippen MR) is 37.6 cm³/mol. The molecule has 0 bridgehead atoms. The molecule has 1 amide bonds. The van der Waals surface area contributed by atoms with Crippen LogP contribution in [-0.2, 0) is 9.53 Å². The van der Waals surface area contributed by atoms with E-state index >= 15 is 0 Å². The highest BCUT2D eigenvalue weighted by molar-refractivity contribution is 5.75. The maximum atomic E-state index is 10.8. The van der Waals surface area contributed by atoms with E-state index in [4.69, 9.17) is 4.74 Å². The first-order valence-electron chi connectivity index (χ1n) is 3.61. The fourth-order valence-electron chi connectivity index (χ4n) is 1.11. The predicted octanol–water partition coefficient (Wildman–Crippen LogP) is 0.159. The highest BCUT2D eigenvalue weighted by atomic mass is 16.5. The first kappa shape index (κ1) is 7.54. The van der Waals surface area contributed by atoms with Crippen molar-refractivity contribution in [2.24, 2.45) is 5.92 Å². The Hall–Kier alpha value is -0.570. The molecule has 0 radical (unpaired) electrons. The molecule has 0 aliphatic carbocycles. The average molecular weight is 143 g/mol. The van der Waals surface area contributed by atoms with Gasteiger partial charge in [-0.2, -0.15) is 0 Å². The van der Waals surface area contributed by atoms with Crippen LogP contribution in [0.4, 0.5) is 0 Å². The Morgan fingerprint density at radius 2 is 2.60 bits per heavy atom. The Bertz CT molecular complexity index is 119. The van der Waals surface area contributed by atoms with Crippen molar-refractivity contribution in [1.29, 1.82) is 0 Å². The molecule has 0 spiro atoms. The van der Waals surface area contributed by atoms with Crippen LogP contribution in [0.25, 0.3) is 0 Å². The van der Waals surface area contributed by atoms with Crippen LogP contribution in [0.2, 0.25) is 0 Å². The molecule has 58 valence electrons. The molecule has 0 aromatic rings. The summed E-state index contributed by atoms with van der Waals surface area (Å²) in [6, 6.07) is 0. The highest BCUT2D eigenvalue weighted by Crippen LogP contribution is 2.15. The zero-order valence-electron chi connectivity index (χ0n) is 6.22. The van der Waals surface area contributed by atoms with Gasteiger partial charge in [0, 0.05) is 26.7 Å². The molecular weight excluding hydrogens is 130 g/mol. The van der Waals surface area contributed by atoms with Gasteiger partial charge in [0.1, 0.15) is 0 Å². The van der Waals surface area contributed by atoms with Crippen LogP contribution >= 0.6 is 0 Å². The molecule has 0 aromatic carbocycles. The van der Waals surface area contributed by atoms with Crippen molar-refractivity contribution in [3.63, 3.8) is 0 Å². The van der Waals surface area contributed by atoms with Crippen LogP contribution < -0.4 is 5.32 Å². The van der Waals surface area contributed by atoms with Crippen LogP contribution in [0.3, 0.4) is 0 Å². The molecule has 1 atom stereocenters. The van der Waals surface area contributed by atoms with Gasteiger partial charge in [-0.15, -0.1) is 0 Å². The minimum absolute atomic E-state index is 0.121. The lowest BCUT2D eigenvalue weighted by molar-refractivity contribution is -0.121. The summed E-state index contributed by atoms with van der Waals surface area (Å²) < 4.78 is 5.12.